The molecule has 0 bridgehead atoms. The Morgan fingerprint density at radius 3 is 2.60 bits per heavy atom. The highest BCUT2D eigenvalue weighted by atomic mass is 79.9. The smallest absolute Gasteiger partial charge is 0.417 e. The highest BCUT2D eigenvalue weighted by Crippen LogP contribution is 2.35. The van der Waals surface area contributed by atoms with Gasteiger partial charge in [0.25, 0.3) is 0 Å². The number of nitrogens with zero attached hydrogens (tertiary/aromatic N) is 2. The minimum Gasteiger partial charge on any atom is -0.489 e. The molecule has 0 saturated heterocycles. The number of carbonyl (C=O) groups is 1. The largest absolute Gasteiger partial charge is 0.489 e. The summed E-state index contributed by atoms with van der Waals surface area (Å²) < 4.78 is 47.2. The van der Waals surface area contributed by atoms with Crippen LogP contribution < -0.4 is 4.74 Å². The van der Waals surface area contributed by atoms with Crippen molar-refractivity contribution in [1.82, 2.24) is 9.78 Å². The van der Waals surface area contributed by atoms with Crippen LogP contribution in [0.3, 0.4) is 0 Å². The Kier molecular flexibility index (Phi) is 6.42. The molecule has 0 atom stereocenters. The Morgan fingerprint density at radius 1 is 1.23 bits per heavy atom. The van der Waals surface area contributed by atoms with E-state index in [-0.39, 0.29) is 23.9 Å². The van der Waals surface area contributed by atoms with Gasteiger partial charge in [-0.15, -0.1) is 0 Å². The molecular weight excluding hydrogens is 489 g/mol. The van der Waals surface area contributed by atoms with Crippen molar-refractivity contribution < 1.29 is 27.8 Å². The second kappa shape index (κ2) is 8.69. The lowest BCUT2D eigenvalue weighted by Crippen LogP contribution is -2.09. The van der Waals surface area contributed by atoms with Gasteiger partial charge in [-0.05, 0) is 48.9 Å². The van der Waals surface area contributed by atoms with E-state index in [9.17, 15) is 18.0 Å². The lowest BCUT2D eigenvalue weighted by Gasteiger charge is -2.15. The van der Waals surface area contributed by atoms with Crippen LogP contribution in [0.25, 0.3) is 0 Å². The Balaban J connectivity index is 1.84. The number of hydrogen-bond acceptors (Lipinski definition) is 3. The summed E-state index contributed by atoms with van der Waals surface area (Å²) in [6, 6.07) is 10.3. The molecular formula is C20H15BrClF3N2O3. The zero-order valence-corrected chi connectivity index (χ0v) is 17.8. The van der Waals surface area contributed by atoms with Crippen molar-refractivity contribution in [3.8, 4) is 5.75 Å². The van der Waals surface area contributed by atoms with Gasteiger partial charge in [0, 0.05) is 15.7 Å². The number of carboxylic acids is 1. The number of benzene rings is 2. The molecule has 1 N–H and O–H groups in total. The fourth-order valence-corrected chi connectivity index (χ4v) is 3.42. The molecule has 30 heavy (non-hydrogen) atoms. The standard InChI is InChI=1S/C20H15BrClF3N2O3/c1-11-6-17(19(28)29)26-27(11)9-13-8-14(21)3-5-18(13)30-10-12-2-4-16(22)15(7-12)20(23,24)25/h2-8H,9-10H2,1H3,(H,28,29). The van der Waals surface area contributed by atoms with Gasteiger partial charge >= 0.3 is 12.1 Å². The molecule has 0 radical (unpaired) electrons. The molecule has 158 valence electrons. The van der Waals surface area contributed by atoms with Gasteiger partial charge in [0.15, 0.2) is 5.69 Å². The molecule has 0 aliphatic carbocycles. The normalized spacial score (nSPS) is 11.5. The van der Waals surface area contributed by atoms with Crippen molar-refractivity contribution in [2.45, 2.75) is 26.3 Å². The van der Waals surface area contributed by atoms with Crippen LogP contribution in [0.4, 0.5) is 13.2 Å². The van der Waals surface area contributed by atoms with E-state index in [1.807, 2.05) is 0 Å². The second-order valence-electron chi connectivity index (χ2n) is 6.49. The van der Waals surface area contributed by atoms with Crippen LogP contribution in [0.15, 0.2) is 46.9 Å². The first-order valence-electron chi connectivity index (χ1n) is 8.59. The summed E-state index contributed by atoms with van der Waals surface area (Å²) in [5.41, 5.74) is 0.632. The third-order valence-corrected chi connectivity index (χ3v) is 5.10. The molecule has 3 aromatic rings. The summed E-state index contributed by atoms with van der Waals surface area (Å²) in [4.78, 5) is 11.1. The van der Waals surface area contributed by atoms with Crippen LogP contribution in [-0.4, -0.2) is 20.9 Å². The van der Waals surface area contributed by atoms with Crippen LogP contribution in [0.2, 0.25) is 5.02 Å². The number of halogens is 5. The molecule has 1 aromatic heterocycles. The van der Waals surface area contributed by atoms with E-state index in [0.29, 0.717) is 22.6 Å². The predicted molar refractivity (Wildman–Crippen MR) is 108 cm³/mol. The number of aromatic nitrogens is 2. The summed E-state index contributed by atoms with van der Waals surface area (Å²) in [5.74, 6) is -0.695. The van der Waals surface area contributed by atoms with E-state index < -0.39 is 17.7 Å². The van der Waals surface area contributed by atoms with Gasteiger partial charge < -0.3 is 9.84 Å². The number of alkyl halides is 3. The monoisotopic (exact) mass is 502 g/mol. The minimum atomic E-state index is -4.56. The molecule has 0 saturated carbocycles. The maximum Gasteiger partial charge on any atom is 0.417 e. The SMILES string of the molecule is Cc1cc(C(=O)O)nn1Cc1cc(Br)ccc1OCc1ccc(Cl)c(C(F)(F)F)c1. The molecule has 1 heterocycles. The third-order valence-electron chi connectivity index (χ3n) is 4.27. The van der Waals surface area contributed by atoms with Gasteiger partial charge in [0.2, 0.25) is 0 Å². The molecule has 0 fully saturated rings. The zero-order chi connectivity index (χ0) is 22.1. The van der Waals surface area contributed by atoms with Crippen molar-refractivity contribution in [2.24, 2.45) is 0 Å². The average molecular weight is 504 g/mol. The van der Waals surface area contributed by atoms with Crippen molar-refractivity contribution in [2.75, 3.05) is 0 Å². The maximum absolute atomic E-state index is 13.1. The van der Waals surface area contributed by atoms with E-state index in [2.05, 4.69) is 21.0 Å². The van der Waals surface area contributed by atoms with Crippen LogP contribution in [0, 0.1) is 6.92 Å². The zero-order valence-electron chi connectivity index (χ0n) is 15.5. The van der Waals surface area contributed by atoms with Gasteiger partial charge in [-0.3, -0.25) is 4.68 Å². The summed E-state index contributed by atoms with van der Waals surface area (Å²) in [6.07, 6.45) is -4.56. The van der Waals surface area contributed by atoms with E-state index in [4.69, 9.17) is 21.4 Å². The summed E-state index contributed by atoms with van der Waals surface area (Å²) >= 11 is 9.03. The Labute approximate surface area is 183 Å². The Morgan fingerprint density at radius 2 is 1.97 bits per heavy atom. The van der Waals surface area contributed by atoms with Crippen LogP contribution in [-0.2, 0) is 19.3 Å². The predicted octanol–water partition coefficient (Wildman–Crippen LogP) is 5.95. The first-order chi connectivity index (χ1) is 14.0. The number of ether oxygens (including phenoxy) is 1. The molecule has 0 aliphatic rings. The first kappa shape index (κ1) is 22.2. The number of carboxylic acid groups (broad SMARTS) is 1. The molecule has 0 amide bonds. The lowest BCUT2D eigenvalue weighted by molar-refractivity contribution is -0.137. The fraction of sp³-hybridized carbons (Fsp3) is 0.200. The van der Waals surface area contributed by atoms with Gasteiger partial charge in [-0.1, -0.05) is 33.6 Å². The van der Waals surface area contributed by atoms with Crippen LogP contribution in [0.5, 0.6) is 5.75 Å². The third kappa shape index (κ3) is 5.14. The van der Waals surface area contributed by atoms with E-state index in [1.165, 1.54) is 22.9 Å². The van der Waals surface area contributed by atoms with Crippen molar-refractivity contribution in [3.63, 3.8) is 0 Å². The van der Waals surface area contributed by atoms with E-state index in [0.717, 1.165) is 10.5 Å². The molecule has 5 nitrogen and oxygen atoms in total. The number of aromatic carboxylic acids is 1. The number of hydrogen-bond donors (Lipinski definition) is 1. The molecule has 0 unspecified atom stereocenters. The molecule has 0 spiro atoms. The second-order valence-corrected chi connectivity index (χ2v) is 7.81. The first-order valence-corrected chi connectivity index (χ1v) is 9.76. The highest BCUT2D eigenvalue weighted by molar-refractivity contribution is 9.10. The average Bonchev–Trinajstić information content (AvgIpc) is 3.02. The fourth-order valence-electron chi connectivity index (χ4n) is 2.79. The summed E-state index contributed by atoms with van der Waals surface area (Å²) in [7, 11) is 0. The van der Waals surface area contributed by atoms with Crippen LogP contribution >= 0.6 is 27.5 Å². The molecule has 0 aliphatic heterocycles. The Hall–Kier alpha value is -2.52. The van der Waals surface area contributed by atoms with Gasteiger partial charge in [-0.2, -0.15) is 18.3 Å². The number of aryl methyl sites for hydroxylation is 1. The lowest BCUT2D eigenvalue weighted by atomic mass is 10.1. The van der Waals surface area contributed by atoms with Crippen molar-refractivity contribution in [1.29, 1.82) is 0 Å². The minimum absolute atomic E-state index is 0.0780. The molecule has 2 aromatic carbocycles. The molecule has 10 heteroatoms. The van der Waals surface area contributed by atoms with Gasteiger partial charge in [0.05, 0.1) is 17.1 Å². The Bertz CT molecular complexity index is 1100. The van der Waals surface area contributed by atoms with Crippen molar-refractivity contribution in [3.05, 3.63) is 80.0 Å². The van der Waals surface area contributed by atoms with E-state index >= 15 is 0 Å². The van der Waals surface area contributed by atoms with Gasteiger partial charge in [0.1, 0.15) is 12.4 Å². The van der Waals surface area contributed by atoms with Gasteiger partial charge in [-0.25, -0.2) is 4.79 Å². The van der Waals surface area contributed by atoms with Crippen LogP contribution in [0.1, 0.15) is 32.9 Å². The van der Waals surface area contributed by atoms with E-state index in [1.54, 1.807) is 25.1 Å². The topological polar surface area (TPSA) is 64.3 Å². The summed E-state index contributed by atoms with van der Waals surface area (Å²) in [6.45, 7) is 1.85. The number of rotatable bonds is 6. The highest BCUT2D eigenvalue weighted by Gasteiger charge is 2.33. The maximum atomic E-state index is 13.1. The molecule has 3 rings (SSSR count). The summed E-state index contributed by atoms with van der Waals surface area (Å²) in [5, 5.41) is 12.8. The van der Waals surface area contributed by atoms with Crippen molar-refractivity contribution >= 4 is 33.5 Å². The quantitative estimate of drug-likeness (QED) is 0.451.